The van der Waals surface area contributed by atoms with Gasteiger partial charge in [0, 0.05) is 17.9 Å². The summed E-state index contributed by atoms with van der Waals surface area (Å²) in [5, 5.41) is 6.54. The van der Waals surface area contributed by atoms with Crippen molar-refractivity contribution in [3.8, 4) is 0 Å². The number of nitrogens with zero attached hydrogens (tertiary/aromatic N) is 4. The molecule has 0 unspecified atom stereocenters. The Morgan fingerprint density at radius 1 is 0.756 bits per heavy atom. The number of rotatable bonds is 7. The standard InChI is InChI=1S/C32H38N6O3/c39-29(21-36-14-3-1-4-15-36)33-25-9-7-23(8-10-25)19-24-13-18-38-31(24)35-28-20-26(11-12-27(28)32(38)41)34-30(40)22-37-16-5-2-6-17-37/h7-12,19-20H,1-6,13-18,21-22H2,(H,33,39)(H,34,40)/b24-19+. The van der Waals surface area contributed by atoms with E-state index in [4.69, 9.17) is 4.98 Å². The molecule has 2 saturated heterocycles. The molecular weight excluding hydrogens is 516 g/mol. The van der Waals surface area contributed by atoms with Crippen molar-refractivity contribution >= 4 is 45.7 Å². The molecule has 0 saturated carbocycles. The molecule has 214 valence electrons. The lowest BCUT2D eigenvalue weighted by atomic mass is 10.1. The van der Waals surface area contributed by atoms with Gasteiger partial charge in [0.05, 0.1) is 24.0 Å². The smallest absolute Gasteiger partial charge is 0.261 e. The van der Waals surface area contributed by atoms with E-state index in [0.29, 0.717) is 48.5 Å². The number of aromatic nitrogens is 2. The molecule has 4 heterocycles. The zero-order valence-corrected chi connectivity index (χ0v) is 23.5. The number of nitrogens with one attached hydrogen (secondary N) is 2. The Kier molecular flexibility index (Phi) is 8.25. The van der Waals surface area contributed by atoms with Crippen molar-refractivity contribution in [1.29, 1.82) is 0 Å². The Balaban J connectivity index is 1.15. The van der Waals surface area contributed by atoms with Crippen LogP contribution in [0.1, 0.15) is 56.3 Å². The summed E-state index contributed by atoms with van der Waals surface area (Å²) in [5.74, 6) is 0.634. The van der Waals surface area contributed by atoms with Crippen LogP contribution in [0.15, 0.2) is 47.3 Å². The Morgan fingerprint density at radius 3 is 1.98 bits per heavy atom. The van der Waals surface area contributed by atoms with Gasteiger partial charge in [0.25, 0.3) is 5.56 Å². The molecule has 9 nitrogen and oxygen atoms in total. The molecule has 6 rings (SSSR count). The van der Waals surface area contributed by atoms with Gasteiger partial charge in [0.1, 0.15) is 5.82 Å². The van der Waals surface area contributed by atoms with Crippen molar-refractivity contribution in [1.82, 2.24) is 19.4 Å². The van der Waals surface area contributed by atoms with Gasteiger partial charge in [-0.15, -0.1) is 0 Å². The Bertz CT molecular complexity index is 1510. The number of amides is 2. The molecule has 3 aromatic rings. The third-order valence-electron chi connectivity index (χ3n) is 8.30. The first-order valence-electron chi connectivity index (χ1n) is 14.9. The number of benzene rings is 2. The number of likely N-dealkylation sites (tertiary alicyclic amines) is 2. The van der Waals surface area contributed by atoms with Crippen LogP contribution in [-0.2, 0) is 16.1 Å². The van der Waals surface area contributed by atoms with Gasteiger partial charge in [-0.2, -0.15) is 0 Å². The van der Waals surface area contributed by atoms with Crippen molar-refractivity contribution in [2.45, 2.75) is 51.5 Å². The molecule has 2 amide bonds. The summed E-state index contributed by atoms with van der Waals surface area (Å²) in [6.45, 7) is 5.29. The van der Waals surface area contributed by atoms with Crippen LogP contribution in [0.4, 0.5) is 11.4 Å². The number of fused-ring (bicyclic) bond motifs is 2. The van der Waals surface area contributed by atoms with E-state index in [1.54, 1.807) is 22.8 Å². The van der Waals surface area contributed by atoms with Crippen LogP contribution in [0.3, 0.4) is 0 Å². The normalized spacial score (nSPS) is 18.9. The summed E-state index contributed by atoms with van der Waals surface area (Å²) in [6.07, 6.45) is 9.84. The lowest BCUT2D eigenvalue weighted by Gasteiger charge is -2.25. The predicted molar refractivity (Wildman–Crippen MR) is 163 cm³/mol. The van der Waals surface area contributed by atoms with Crippen molar-refractivity contribution in [2.75, 3.05) is 49.9 Å². The van der Waals surface area contributed by atoms with Crippen LogP contribution in [-0.4, -0.2) is 70.4 Å². The molecular formula is C32H38N6O3. The van der Waals surface area contributed by atoms with E-state index in [9.17, 15) is 14.4 Å². The van der Waals surface area contributed by atoms with E-state index in [0.717, 1.165) is 68.7 Å². The summed E-state index contributed by atoms with van der Waals surface area (Å²) in [7, 11) is 0. The maximum atomic E-state index is 13.3. The monoisotopic (exact) mass is 554 g/mol. The number of anilines is 2. The SMILES string of the molecule is O=C(CN1CCCCC1)Nc1ccc(/C=C2\CCn3c2nc2cc(NC(=O)CN4CCCCC4)ccc2c3=O)cc1. The first-order valence-corrected chi connectivity index (χ1v) is 14.9. The summed E-state index contributed by atoms with van der Waals surface area (Å²) < 4.78 is 1.73. The van der Waals surface area contributed by atoms with Crippen LogP contribution in [0.5, 0.6) is 0 Å². The van der Waals surface area contributed by atoms with Gasteiger partial charge in [-0.05, 0) is 106 Å². The van der Waals surface area contributed by atoms with Crippen molar-refractivity contribution in [3.05, 3.63) is 64.2 Å². The van der Waals surface area contributed by atoms with E-state index in [1.165, 1.54) is 12.8 Å². The molecule has 1 aromatic heterocycles. The quantitative estimate of drug-likeness (QED) is 0.455. The second-order valence-corrected chi connectivity index (χ2v) is 11.4. The molecule has 0 aliphatic carbocycles. The molecule has 0 radical (unpaired) electrons. The summed E-state index contributed by atoms with van der Waals surface area (Å²) in [5.41, 5.74) is 3.91. The second-order valence-electron chi connectivity index (χ2n) is 11.4. The predicted octanol–water partition coefficient (Wildman–Crippen LogP) is 4.19. The van der Waals surface area contributed by atoms with Crippen LogP contribution in [0, 0.1) is 0 Å². The molecule has 0 atom stereocenters. The Hall–Kier alpha value is -3.82. The molecule has 0 spiro atoms. The van der Waals surface area contributed by atoms with E-state index in [2.05, 4.69) is 26.5 Å². The van der Waals surface area contributed by atoms with E-state index < -0.39 is 0 Å². The zero-order chi connectivity index (χ0) is 28.2. The van der Waals surface area contributed by atoms with Gasteiger partial charge in [-0.1, -0.05) is 25.0 Å². The minimum absolute atomic E-state index is 0.0141. The highest BCUT2D eigenvalue weighted by atomic mass is 16.2. The molecule has 2 N–H and O–H groups in total. The minimum Gasteiger partial charge on any atom is -0.325 e. The fourth-order valence-electron chi connectivity index (χ4n) is 6.14. The molecule has 9 heteroatoms. The molecule has 3 aliphatic rings. The van der Waals surface area contributed by atoms with E-state index in [1.807, 2.05) is 24.3 Å². The summed E-state index contributed by atoms with van der Waals surface area (Å²) in [6, 6.07) is 13.1. The maximum Gasteiger partial charge on any atom is 0.261 e. The Labute approximate surface area is 240 Å². The fourth-order valence-corrected chi connectivity index (χ4v) is 6.14. The number of piperidine rings is 2. The van der Waals surface area contributed by atoms with Gasteiger partial charge in [-0.3, -0.25) is 28.8 Å². The van der Waals surface area contributed by atoms with E-state index >= 15 is 0 Å². The highest BCUT2D eigenvalue weighted by Crippen LogP contribution is 2.28. The lowest BCUT2D eigenvalue weighted by molar-refractivity contribution is -0.118. The average molecular weight is 555 g/mol. The number of carbonyl (C=O) groups is 2. The third-order valence-corrected chi connectivity index (χ3v) is 8.30. The third kappa shape index (κ3) is 6.57. The fraction of sp³-hybridized carbons (Fsp3) is 0.438. The molecule has 3 aliphatic heterocycles. The highest BCUT2D eigenvalue weighted by molar-refractivity contribution is 5.95. The number of allylic oxidation sites excluding steroid dienone is 1. The molecule has 41 heavy (non-hydrogen) atoms. The van der Waals surface area contributed by atoms with Crippen LogP contribution >= 0.6 is 0 Å². The first kappa shape index (κ1) is 27.4. The largest absolute Gasteiger partial charge is 0.325 e. The number of hydrogen-bond acceptors (Lipinski definition) is 6. The average Bonchev–Trinajstić information content (AvgIpc) is 3.37. The molecule has 0 bridgehead atoms. The van der Waals surface area contributed by atoms with Crippen LogP contribution in [0.2, 0.25) is 0 Å². The topological polar surface area (TPSA) is 99.6 Å². The van der Waals surface area contributed by atoms with Gasteiger partial charge in [0.15, 0.2) is 0 Å². The van der Waals surface area contributed by atoms with E-state index in [-0.39, 0.29) is 17.4 Å². The van der Waals surface area contributed by atoms with Gasteiger partial charge < -0.3 is 10.6 Å². The number of carbonyl (C=O) groups excluding carboxylic acids is 2. The molecule has 2 aromatic carbocycles. The van der Waals surface area contributed by atoms with Gasteiger partial charge in [0.2, 0.25) is 11.8 Å². The van der Waals surface area contributed by atoms with Gasteiger partial charge >= 0.3 is 0 Å². The zero-order valence-electron chi connectivity index (χ0n) is 23.5. The summed E-state index contributed by atoms with van der Waals surface area (Å²) >= 11 is 0. The molecule has 2 fully saturated rings. The second kappa shape index (κ2) is 12.4. The maximum absolute atomic E-state index is 13.3. The van der Waals surface area contributed by atoms with Crippen molar-refractivity contribution < 1.29 is 9.59 Å². The van der Waals surface area contributed by atoms with Gasteiger partial charge in [-0.25, -0.2) is 4.98 Å². The van der Waals surface area contributed by atoms with Crippen molar-refractivity contribution in [2.24, 2.45) is 0 Å². The van der Waals surface area contributed by atoms with Crippen LogP contribution < -0.4 is 16.2 Å². The van der Waals surface area contributed by atoms with Crippen LogP contribution in [0.25, 0.3) is 22.6 Å². The highest BCUT2D eigenvalue weighted by Gasteiger charge is 2.22. The number of hydrogen-bond donors (Lipinski definition) is 2. The summed E-state index contributed by atoms with van der Waals surface area (Å²) in [4.78, 5) is 47.6. The minimum atomic E-state index is -0.0636. The Morgan fingerprint density at radius 2 is 1.34 bits per heavy atom. The lowest BCUT2D eigenvalue weighted by Crippen LogP contribution is -2.36. The van der Waals surface area contributed by atoms with Crippen molar-refractivity contribution in [3.63, 3.8) is 0 Å². The first-order chi connectivity index (χ1) is 20.0.